The van der Waals surface area contributed by atoms with Gasteiger partial charge in [-0.2, -0.15) is 0 Å². The van der Waals surface area contributed by atoms with Crippen LogP contribution in [0.3, 0.4) is 0 Å². The fraction of sp³-hybridized carbons (Fsp3) is 0.625. The smallest absolute Gasteiger partial charge is 0.124 e. The molecule has 1 rings (SSSR count). The zero-order valence-corrected chi connectivity index (χ0v) is 13.1. The lowest BCUT2D eigenvalue weighted by Crippen LogP contribution is -2.19. The van der Waals surface area contributed by atoms with Crippen LogP contribution in [0.2, 0.25) is 0 Å². The average molecular weight is 297 g/mol. The third kappa shape index (κ3) is 7.32. The van der Waals surface area contributed by atoms with Crippen LogP contribution in [0.4, 0.5) is 0 Å². The molecule has 0 spiro atoms. The normalized spacial score (nSPS) is 10.6. The van der Waals surface area contributed by atoms with Crippen molar-refractivity contribution < 1.29 is 19.3 Å². The molecule has 0 atom stereocenters. The maximum atomic E-state index is 8.75. The minimum Gasteiger partial charge on any atom is -0.497 e. The Morgan fingerprint density at radius 2 is 1.95 bits per heavy atom. The van der Waals surface area contributed by atoms with Gasteiger partial charge in [-0.05, 0) is 37.5 Å². The third-order valence-corrected chi connectivity index (χ3v) is 3.13. The van der Waals surface area contributed by atoms with E-state index in [1.807, 2.05) is 18.2 Å². The summed E-state index contributed by atoms with van der Waals surface area (Å²) in [7, 11) is 3.35. The monoisotopic (exact) mass is 297 g/mol. The van der Waals surface area contributed by atoms with E-state index in [0.717, 1.165) is 42.9 Å². The zero-order valence-electron chi connectivity index (χ0n) is 13.1. The van der Waals surface area contributed by atoms with Crippen molar-refractivity contribution in [3.63, 3.8) is 0 Å². The van der Waals surface area contributed by atoms with Crippen molar-refractivity contribution in [1.29, 1.82) is 0 Å². The Balaban J connectivity index is 2.50. The molecular weight excluding hydrogens is 270 g/mol. The van der Waals surface area contributed by atoms with Crippen LogP contribution in [0.15, 0.2) is 18.2 Å². The molecular formula is C16H27NO4. The minimum atomic E-state index is 0.247. The standard InChI is InChI=1S/C16H27NO4/c1-19-11-8-17-13-14-12-15(20-2)6-7-16(14)21-10-5-3-4-9-18/h6-7,12,17-18H,3-5,8-11,13H2,1-2H3. The van der Waals surface area contributed by atoms with Crippen LogP contribution in [0.1, 0.15) is 24.8 Å². The van der Waals surface area contributed by atoms with Gasteiger partial charge < -0.3 is 24.6 Å². The van der Waals surface area contributed by atoms with Crippen LogP contribution in [0.5, 0.6) is 11.5 Å². The zero-order chi connectivity index (χ0) is 15.3. The largest absolute Gasteiger partial charge is 0.497 e. The summed E-state index contributed by atoms with van der Waals surface area (Å²) >= 11 is 0. The lowest BCUT2D eigenvalue weighted by molar-refractivity contribution is 0.199. The van der Waals surface area contributed by atoms with Crippen molar-refractivity contribution in [1.82, 2.24) is 5.32 Å². The van der Waals surface area contributed by atoms with Gasteiger partial charge in [-0.1, -0.05) is 0 Å². The molecule has 0 unspecified atom stereocenters. The molecule has 0 radical (unpaired) electrons. The Labute approximate surface area is 127 Å². The SMILES string of the molecule is COCCNCc1cc(OC)ccc1OCCCCCO. The van der Waals surface area contributed by atoms with Crippen molar-refractivity contribution in [2.75, 3.05) is 40.6 Å². The molecule has 0 heterocycles. The van der Waals surface area contributed by atoms with Gasteiger partial charge in [0.15, 0.2) is 0 Å². The van der Waals surface area contributed by atoms with E-state index in [2.05, 4.69) is 5.32 Å². The highest BCUT2D eigenvalue weighted by Gasteiger charge is 2.06. The highest BCUT2D eigenvalue weighted by atomic mass is 16.5. The molecule has 0 saturated carbocycles. The number of hydrogen-bond acceptors (Lipinski definition) is 5. The van der Waals surface area contributed by atoms with Gasteiger partial charge in [-0.3, -0.25) is 0 Å². The maximum absolute atomic E-state index is 8.75. The Hall–Kier alpha value is -1.30. The van der Waals surface area contributed by atoms with Crippen LogP contribution < -0.4 is 14.8 Å². The molecule has 5 nitrogen and oxygen atoms in total. The lowest BCUT2D eigenvalue weighted by Gasteiger charge is -2.13. The summed E-state index contributed by atoms with van der Waals surface area (Å²) in [5.41, 5.74) is 1.08. The van der Waals surface area contributed by atoms with Crippen LogP contribution >= 0.6 is 0 Å². The lowest BCUT2D eigenvalue weighted by atomic mass is 10.2. The summed E-state index contributed by atoms with van der Waals surface area (Å²) in [6.45, 7) is 3.10. The van der Waals surface area contributed by atoms with E-state index in [4.69, 9.17) is 19.3 Å². The second-order valence-corrected chi connectivity index (χ2v) is 4.78. The first-order chi connectivity index (χ1) is 10.3. The number of aliphatic hydroxyl groups is 1. The summed E-state index contributed by atoms with van der Waals surface area (Å²) in [5.74, 6) is 1.70. The number of aliphatic hydroxyl groups excluding tert-OH is 1. The van der Waals surface area contributed by atoms with E-state index in [-0.39, 0.29) is 6.61 Å². The van der Waals surface area contributed by atoms with E-state index in [1.54, 1.807) is 14.2 Å². The number of nitrogens with one attached hydrogen (secondary N) is 1. The highest BCUT2D eigenvalue weighted by Crippen LogP contribution is 2.24. The van der Waals surface area contributed by atoms with Gasteiger partial charge >= 0.3 is 0 Å². The van der Waals surface area contributed by atoms with Gasteiger partial charge in [0.05, 0.1) is 20.3 Å². The first-order valence-corrected chi connectivity index (χ1v) is 7.42. The first-order valence-electron chi connectivity index (χ1n) is 7.42. The van der Waals surface area contributed by atoms with Crippen molar-refractivity contribution in [3.8, 4) is 11.5 Å². The molecule has 0 fully saturated rings. The second kappa shape index (κ2) is 11.4. The van der Waals surface area contributed by atoms with Crippen LogP contribution in [0, 0.1) is 0 Å². The number of unbranched alkanes of at least 4 members (excludes halogenated alkanes) is 2. The van der Waals surface area contributed by atoms with Gasteiger partial charge in [-0.25, -0.2) is 0 Å². The van der Waals surface area contributed by atoms with Crippen LogP contribution in [-0.4, -0.2) is 45.7 Å². The van der Waals surface area contributed by atoms with Crippen LogP contribution in [-0.2, 0) is 11.3 Å². The van der Waals surface area contributed by atoms with E-state index in [0.29, 0.717) is 19.8 Å². The molecule has 120 valence electrons. The summed E-state index contributed by atoms with van der Waals surface area (Å²) in [6.07, 6.45) is 2.76. The molecule has 0 bridgehead atoms. The van der Waals surface area contributed by atoms with Gasteiger partial charge in [0.25, 0.3) is 0 Å². The summed E-state index contributed by atoms with van der Waals surface area (Å²) < 4.78 is 16.1. The Morgan fingerprint density at radius 1 is 1.10 bits per heavy atom. The molecule has 21 heavy (non-hydrogen) atoms. The molecule has 0 aliphatic rings. The van der Waals surface area contributed by atoms with Crippen molar-refractivity contribution in [3.05, 3.63) is 23.8 Å². The number of rotatable bonds is 12. The van der Waals surface area contributed by atoms with E-state index < -0.39 is 0 Å². The second-order valence-electron chi connectivity index (χ2n) is 4.78. The molecule has 0 amide bonds. The molecule has 0 saturated heterocycles. The molecule has 0 aromatic heterocycles. The minimum absolute atomic E-state index is 0.247. The quantitative estimate of drug-likeness (QED) is 0.578. The summed E-state index contributed by atoms with van der Waals surface area (Å²) in [4.78, 5) is 0. The fourth-order valence-corrected chi connectivity index (χ4v) is 1.93. The molecule has 5 heteroatoms. The van der Waals surface area contributed by atoms with E-state index in [9.17, 15) is 0 Å². The molecule has 1 aromatic rings. The van der Waals surface area contributed by atoms with Gasteiger partial charge in [0.1, 0.15) is 11.5 Å². The fourth-order valence-electron chi connectivity index (χ4n) is 1.93. The Kier molecular flexibility index (Phi) is 9.61. The molecule has 1 aromatic carbocycles. The van der Waals surface area contributed by atoms with Gasteiger partial charge in [0, 0.05) is 32.4 Å². The molecule has 0 aliphatic heterocycles. The summed E-state index contributed by atoms with van der Waals surface area (Å²) in [5, 5.41) is 12.1. The molecule has 0 aliphatic carbocycles. The molecule has 2 N–H and O–H groups in total. The van der Waals surface area contributed by atoms with E-state index in [1.165, 1.54) is 0 Å². The number of benzene rings is 1. The van der Waals surface area contributed by atoms with Crippen molar-refractivity contribution in [2.24, 2.45) is 0 Å². The first kappa shape index (κ1) is 17.8. The summed E-state index contributed by atoms with van der Waals surface area (Å²) in [6, 6.07) is 5.84. The third-order valence-electron chi connectivity index (χ3n) is 3.13. The van der Waals surface area contributed by atoms with E-state index >= 15 is 0 Å². The van der Waals surface area contributed by atoms with Gasteiger partial charge in [0.2, 0.25) is 0 Å². The Morgan fingerprint density at radius 3 is 2.67 bits per heavy atom. The highest BCUT2D eigenvalue weighted by molar-refractivity contribution is 5.40. The Bertz CT molecular complexity index is 385. The predicted octanol–water partition coefficient (Wildman–Crippen LogP) is 1.97. The number of methoxy groups -OCH3 is 2. The van der Waals surface area contributed by atoms with Gasteiger partial charge in [-0.15, -0.1) is 0 Å². The van der Waals surface area contributed by atoms with Crippen LogP contribution in [0.25, 0.3) is 0 Å². The average Bonchev–Trinajstić information content (AvgIpc) is 2.52. The van der Waals surface area contributed by atoms with Crippen molar-refractivity contribution >= 4 is 0 Å². The number of ether oxygens (including phenoxy) is 3. The topological polar surface area (TPSA) is 60.0 Å². The maximum Gasteiger partial charge on any atom is 0.124 e. The number of hydrogen-bond donors (Lipinski definition) is 2. The van der Waals surface area contributed by atoms with Crippen molar-refractivity contribution in [2.45, 2.75) is 25.8 Å². The predicted molar refractivity (Wildman–Crippen MR) is 83.0 cm³/mol.